The predicted molar refractivity (Wildman–Crippen MR) is 244 cm³/mol. The molecule has 0 saturated heterocycles. The van der Waals surface area contributed by atoms with E-state index in [1.54, 1.807) is 35.3 Å². The van der Waals surface area contributed by atoms with Crippen molar-refractivity contribution in [2.24, 2.45) is 0 Å². The first-order valence-corrected chi connectivity index (χ1v) is 20.6. The number of non-ortho nitro benzene ring substituents is 2. The molecule has 0 fully saturated rings. The first-order chi connectivity index (χ1) is 31.5. The maximum Gasteiger partial charge on any atom is 0.347 e. The molecule has 0 saturated carbocycles. The van der Waals surface area contributed by atoms with Gasteiger partial charge in [0.2, 0.25) is 0 Å². The van der Waals surface area contributed by atoms with Gasteiger partial charge in [0.05, 0.1) is 19.7 Å². The molecule has 8 aromatic rings. The standard InChI is InChI=1S/C31H22N6O8.C19H16N2/c1-31(2)25-15-20(19-9-12-32(13-10-19)27-7-4-21(34(38)39)16-29(27)36(42)43)3-6-23(25)24-11-14-33(18-26(24)31)28-8-5-22(35(40)41)17-30(28)37(44)45;1-19(2)17-11-14(13-5-8-20-9-6-13)3-4-15(17)16-7-10-21-12-18(16)19/h3-18H,1-2H3;3-12H,1-2H3/q+2;. The van der Waals surface area contributed by atoms with E-state index in [0.717, 1.165) is 45.5 Å². The molecule has 4 aromatic carbocycles. The Hall–Kier alpha value is -8.92. The van der Waals surface area contributed by atoms with E-state index in [4.69, 9.17) is 0 Å². The largest absolute Gasteiger partial charge is 0.347 e. The smallest absolute Gasteiger partial charge is 0.265 e. The number of aromatic nitrogens is 4. The lowest BCUT2D eigenvalue weighted by molar-refractivity contribution is -0.601. The van der Waals surface area contributed by atoms with Crippen LogP contribution in [0.25, 0.3) is 55.9 Å². The second-order valence-corrected chi connectivity index (χ2v) is 17.0. The first-order valence-electron chi connectivity index (χ1n) is 20.6. The van der Waals surface area contributed by atoms with Crippen molar-refractivity contribution < 1.29 is 28.8 Å². The topological polar surface area (TPSA) is 206 Å². The number of pyridine rings is 4. The highest BCUT2D eigenvalue weighted by atomic mass is 16.6. The van der Waals surface area contributed by atoms with Gasteiger partial charge in [-0.2, -0.15) is 9.13 Å². The van der Waals surface area contributed by atoms with Crippen LogP contribution in [-0.4, -0.2) is 29.7 Å². The van der Waals surface area contributed by atoms with E-state index in [1.807, 2.05) is 63.0 Å². The Kier molecular flexibility index (Phi) is 10.3. The summed E-state index contributed by atoms with van der Waals surface area (Å²) in [4.78, 5) is 51.5. The van der Waals surface area contributed by atoms with Gasteiger partial charge in [-0.3, -0.25) is 50.4 Å². The number of nitro groups is 4. The monoisotopic (exact) mass is 878 g/mol. The van der Waals surface area contributed by atoms with Crippen molar-refractivity contribution in [3.05, 3.63) is 221 Å². The van der Waals surface area contributed by atoms with Gasteiger partial charge in [-0.1, -0.05) is 52.0 Å². The van der Waals surface area contributed by atoms with Crippen LogP contribution in [0.5, 0.6) is 0 Å². The van der Waals surface area contributed by atoms with Crippen LogP contribution in [-0.2, 0) is 10.8 Å². The van der Waals surface area contributed by atoms with Crippen LogP contribution < -0.4 is 9.13 Å². The number of benzene rings is 4. The van der Waals surface area contributed by atoms with Crippen molar-refractivity contribution in [1.82, 2.24) is 9.97 Å². The number of fused-ring (bicyclic) bond motifs is 6. The fourth-order valence-corrected chi connectivity index (χ4v) is 9.05. The van der Waals surface area contributed by atoms with Crippen molar-refractivity contribution in [2.45, 2.75) is 38.5 Å². The lowest BCUT2D eigenvalue weighted by atomic mass is 9.82. The van der Waals surface area contributed by atoms with Crippen LogP contribution >= 0.6 is 0 Å². The number of rotatable bonds is 8. The van der Waals surface area contributed by atoms with Gasteiger partial charge in [0.15, 0.2) is 24.8 Å². The molecule has 0 amide bonds. The van der Waals surface area contributed by atoms with Crippen molar-refractivity contribution >= 4 is 22.7 Å². The van der Waals surface area contributed by atoms with E-state index in [2.05, 4.69) is 66.3 Å². The molecule has 2 aliphatic carbocycles. The Morgan fingerprint density at radius 3 is 1.41 bits per heavy atom. The second-order valence-electron chi connectivity index (χ2n) is 17.0. The van der Waals surface area contributed by atoms with E-state index in [1.165, 1.54) is 62.2 Å². The molecule has 0 radical (unpaired) electrons. The summed E-state index contributed by atoms with van der Waals surface area (Å²) in [5.74, 6) is 0. The molecule has 0 bridgehead atoms. The van der Waals surface area contributed by atoms with E-state index in [9.17, 15) is 40.5 Å². The summed E-state index contributed by atoms with van der Waals surface area (Å²) in [5.41, 5.74) is 11.7. The van der Waals surface area contributed by atoms with E-state index >= 15 is 0 Å². The van der Waals surface area contributed by atoms with Gasteiger partial charge in [-0.25, -0.2) is 0 Å². The Morgan fingerprint density at radius 1 is 0.424 bits per heavy atom. The van der Waals surface area contributed by atoms with Crippen molar-refractivity contribution in [2.75, 3.05) is 0 Å². The molecule has 4 heterocycles. The van der Waals surface area contributed by atoms with E-state index in [-0.39, 0.29) is 33.9 Å². The lowest BCUT2D eigenvalue weighted by Gasteiger charge is -2.21. The first kappa shape index (κ1) is 42.4. The zero-order chi connectivity index (χ0) is 46.7. The predicted octanol–water partition coefficient (Wildman–Crippen LogP) is 10.3. The van der Waals surface area contributed by atoms with Crippen molar-refractivity contribution in [3.8, 4) is 55.9 Å². The highest BCUT2D eigenvalue weighted by Crippen LogP contribution is 2.50. The summed E-state index contributed by atoms with van der Waals surface area (Å²) in [7, 11) is 0. The average molecular weight is 879 g/mol. The fourth-order valence-electron chi connectivity index (χ4n) is 9.05. The Bertz CT molecular complexity index is 3340. The molecule has 0 spiro atoms. The number of nitrogens with zero attached hydrogens (tertiary/aromatic N) is 8. The third-order valence-electron chi connectivity index (χ3n) is 12.6. The van der Waals surface area contributed by atoms with Gasteiger partial charge in [-0.15, -0.1) is 0 Å². The third kappa shape index (κ3) is 7.25. The number of hydrogen-bond donors (Lipinski definition) is 0. The van der Waals surface area contributed by atoms with Gasteiger partial charge < -0.3 is 0 Å². The number of hydrogen-bond acceptors (Lipinski definition) is 10. The molecule has 4 aromatic heterocycles. The van der Waals surface area contributed by atoms with Gasteiger partial charge in [0.1, 0.15) is 12.1 Å². The van der Waals surface area contributed by atoms with Crippen LogP contribution in [0.1, 0.15) is 49.9 Å². The maximum atomic E-state index is 11.8. The third-order valence-corrected chi connectivity index (χ3v) is 12.6. The summed E-state index contributed by atoms with van der Waals surface area (Å²) in [5, 5.41) is 45.7. The lowest BCUT2D eigenvalue weighted by Crippen LogP contribution is -2.33. The molecular weight excluding hydrogens is 841 g/mol. The van der Waals surface area contributed by atoms with Gasteiger partial charge in [0.25, 0.3) is 22.7 Å². The summed E-state index contributed by atoms with van der Waals surface area (Å²) < 4.78 is 3.12. The Morgan fingerprint density at radius 2 is 0.879 bits per heavy atom. The summed E-state index contributed by atoms with van der Waals surface area (Å²) in [6.45, 7) is 8.64. The molecule has 10 rings (SSSR count). The van der Waals surface area contributed by atoms with Gasteiger partial charge >= 0.3 is 11.4 Å². The summed E-state index contributed by atoms with van der Waals surface area (Å²) >= 11 is 0. The normalized spacial score (nSPS) is 13.3. The second kappa shape index (κ2) is 16.0. The van der Waals surface area contributed by atoms with Crippen LogP contribution in [0.2, 0.25) is 0 Å². The average Bonchev–Trinajstić information content (AvgIpc) is 3.69. The van der Waals surface area contributed by atoms with Crippen molar-refractivity contribution in [1.29, 1.82) is 0 Å². The van der Waals surface area contributed by atoms with Gasteiger partial charge in [-0.05, 0) is 91.5 Å². The minimum Gasteiger partial charge on any atom is -0.265 e. The van der Waals surface area contributed by atoms with Crippen LogP contribution in [0.4, 0.5) is 22.7 Å². The Balaban J connectivity index is 0.000000216. The van der Waals surface area contributed by atoms with Crippen LogP contribution in [0.3, 0.4) is 0 Å². The molecule has 0 atom stereocenters. The summed E-state index contributed by atoms with van der Waals surface area (Å²) in [6.07, 6.45) is 14.4. The molecule has 0 unspecified atom stereocenters. The SMILES string of the molecule is CC1(C)c2cc(-c3cc[n+](-c4ccc([N+](=O)[O-])cc4[N+](=O)[O-])cc3)ccc2-c2cc[n+](-c3ccc([N+](=O)[O-])cc3[N+](=O)[O-])cc21.CC1(C)c2cnccc2-c2ccc(-c3ccncc3)cc21. The summed E-state index contributed by atoms with van der Waals surface area (Å²) in [6, 6.07) is 31.5. The van der Waals surface area contributed by atoms with Crippen molar-refractivity contribution in [3.63, 3.8) is 0 Å². The fraction of sp³-hybridized carbons (Fsp3) is 0.120. The van der Waals surface area contributed by atoms with Gasteiger partial charge in [0, 0.05) is 83.6 Å². The minimum atomic E-state index is -0.683. The molecule has 0 aliphatic heterocycles. The number of nitro benzene ring substituents is 4. The zero-order valence-corrected chi connectivity index (χ0v) is 35.9. The van der Waals surface area contributed by atoms with E-state index in [0.29, 0.717) is 0 Å². The molecule has 0 N–H and O–H groups in total. The quantitative estimate of drug-likeness (QED) is 0.0801. The highest BCUT2D eigenvalue weighted by molar-refractivity contribution is 5.84. The Labute approximate surface area is 376 Å². The zero-order valence-electron chi connectivity index (χ0n) is 35.9. The minimum absolute atomic E-state index is 0.00195. The molecular formula is C50H38N8O8+2. The molecule has 2 aliphatic rings. The van der Waals surface area contributed by atoms with Crippen LogP contribution in [0, 0.1) is 40.5 Å². The molecule has 324 valence electrons. The molecule has 16 nitrogen and oxygen atoms in total. The van der Waals surface area contributed by atoms with E-state index < -0.39 is 30.8 Å². The van der Waals surface area contributed by atoms with Crippen LogP contribution in [0.15, 0.2) is 159 Å². The highest BCUT2D eigenvalue weighted by Gasteiger charge is 2.40. The molecule has 66 heavy (non-hydrogen) atoms. The molecule has 16 heteroatoms. The maximum absolute atomic E-state index is 11.8.